The highest BCUT2D eigenvalue weighted by Crippen LogP contribution is 2.11. The third kappa shape index (κ3) is 7.41. The second kappa shape index (κ2) is 12.0. The molecule has 0 aromatic heterocycles. The van der Waals surface area contributed by atoms with E-state index in [1.165, 1.54) is 0 Å². The van der Waals surface area contributed by atoms with Gasteiger partial charge in [-0.25, -0.2) is 0 Å². The van der Waals surface area contributed by atoms with Crippen molar-refractivity contribution < 1.29 is 19.0 Å². The van der Waals surface area contributed by atoms with E-state index >= 15 is 0 Å². The third-order valence-corrected chi connectivity index (χ3v) is 4.41. The normalized spacial score (nSPS) is 19.2. The van der Waals surface area contributed by atoms with Crippen LogP contribution in [0, 0.1) is 0 Å². The van der Waals surface area contributed by atoms with Gasteiger partial charge in [0.2, 0.25) is 0 Å². The second-order valence-corrected chi connectivity index (χ2v) is 6.45. The van der Waals surface area contributed by atoms with E-state index in [-0.39, 0.29) is 18.1 Å². The van der Waals surface area contributed by atoms with Crippen molar-refractivity contribution >= 4 is 5.91 Å². The summed E-state index contributed by atoms with van der Waals surface area (Å²) in [7, 11) is 0. The van der Waals surface area contributed by atoms with Gasteiger partial charge in [0.15, 0.2) is 6.23 Å². The first-order chi connectivity index (χ1) is 12.7. The highest BCUT2D eigenvalue weighted by molar-refractivity contribution is 5.80. The molecule has 6 heteroatoms. The summed E-state index contributed by atoms with van der Waals surface area (Å²) in [5, 5.41) is 6.14. The minimum Gasteiger partial charge on any atom is -0.377 e. The van der Waals surface area contributed by atoms with Crippen molar-refractivity contribution in [3.63, 3.8) is 0 Å². The first-order valence-corrected chi connectivity index (χ1v) is 9.62. The van der Waals surface area contributed by atoms with Gasteiger partial charge in [0.1, 0.15) is 0 Å². The van der Waals surface area contributed by atoms with E-state index in [0.717, 1.165) is 31.4 Å². The first kappa shape index (κ1) is 20.8. The Morgan fingerprint density at radius 1 is 1.27 bits per heavy atom. The molecule has 0 saturated carbocycles. The van der Waals surface area contributed by atoms with Gasteiger partial charge in [-0.2, -0.15) is 0 Å². The summed E-state index contributed by atoms with van der Waals surface area (Å²) in [5.74, 6) is -0.169. The van der Waals surface area contributed by atoms with Crippen molar-refractivity contribution in [3.8, 4) is 0 Å². The highest BCUT2D eigenvalue weighted by Gasteiger charge is 2.23. The Labute approximate surface area is 156 Å². The van der Waals surface area contributed by atoms with E-state index in [9.17, 15) is 4.79 Å². The van der Waals surface area contributed by atoms with E-state index < -0.39 is 6.23 Å². The number of hydrogen-bond acceptors (Lipinski definition) is 5. The van der Waals surface area contributed by atoms with Crippen molar-refractivity contribution in [2.24, 2.45) is 0 Å². The molecule has 0 bridgehead atoms. The van der Waals surface area contributed by atoms with Crippen LogP contribution < -0.4 is 10.6 Å². The summed E-state index contributed by atoms with van der Waals surface area (Å²) in [4.78, 5) is 12.6. The van der Waals surface area contributed by atoms with E-state index in [0.29, 0.717) is 26.3 Å². The van der Waals surface area contributed by atoms with E-state index in [4.69, 9.17) is 14.2 Å². The quantitative estimate of drug-likeness (QED) is 0.557. The molecule has 1 saturated heterocycles. The minimum absolute atomic E-state index is 0.0249. The number of hydrogen-bond donors (Lipinski definition) is 2. The molecule has 1 heterocycles. The van der Waals surface area contributed by atoms with Crippen LogP contribution >= 0.6 is 0 Å². The molecule has 0 radical (unpaired) electrons. The fourth-order valence-electron chi connectivity index (χ4n) is 2.89. The van der Waals surface area contributed by atoms with Crippen molar-refractivity contribution in [1.29, 1.82) is 0 Å². The Morgan fingerprint density at radius 2 is 2.08 bits per heavy atom. The molecule has 2 N–H and O–H groups in total. The fraction of sp³-hybridized carbons (Fsp3) is 0.650. The second-order valence-electron chi connectivity index (χ2n) is 6.45. The number of carbonyl (C=O) groups is 1. The molecule has 1 aromatic rings. The fourth-order valence-corrected chi connectivity index (χ4v) is 2.89. The number of amides is 1. The molecule has 26 heavy (non-hydrogen) atoms. The molecule has 1 fully saturated rings. The molecule has 3 atom stereocenters. The lowest BCUT2D eigenvalue weighted by atomic mass is 10.2. The summed E-state index contributed by atoms with van der Waals surface area (Å²) >= 11 is 0. The van der Waals surface area contributed by atoms with Crippen LogP contribution in [0.3, 0.4) is 0 Å². The zero-order valence-electron chi connectivity index (χ0n) is 15.9. The molecule has 1 aromatic carbocycles. The van der Waals surface area contributed by atoms with Crippen LogP contribution in [0.15, 0.2) is 30.3 Å². The highest BCUT2D eigenvalue weighted by atomic mass is 16.5. The minimum atomic E-state index is -0.710. The number of carbonyl (C=O) groups excluding carboxylic acids is 1. The maximum atomic E-state index is 12.6. The van der Waals surface area contributed by atoms with E-state index in [1.54, 1.807) is 0 Å². The molecule has 1 aliphatic rings. The van der Waals surface area contributed by atoms with Crippen LogP contribution in [0.4, 0.5) is 0 Å². The molecular weight excluding hydrogens is 332 g/mol. The van der Waals surface area contributed by atoms with Gasteiger partial charge in [-0.05, 0) is 31.7 Å². The Balaban J connectivity index is 1.86. The van der Waals surface area contributed by atoms with Crippen molar-refractivity contribution in [2.75, 3.05) is 26.3 Å². The Morgan fingerprint density at radius 3 is 2.73 bits per heavy atom. The summed E-state index contributed by atoms with van der Waals surface area (Å²) in [6, 6.07) is 9.85. The molecule has 0 aliphatic carbocycles. The lowest BCUT2D eigenvalue weighted by molar-refractivity contribution is -0.137. The third-order valence-electron chi connectivity index (χ3n) is 4.41. The molecule has 0 spiro atoms. The Bertz CT molecular complexity index is 506. The predicted molar refractivity (Wildman–Crippen MR) is 101 cm³/mol. The average molecular weight is 364 g/mol. The summed E-state index contributed by atoms with van der Waals surface area (Å²) in [5.41, 5.74) is 1.03. The maximum Gasteiger partial charge on any atom is 0.264 e. The SMILES string of the molecule is CCOC(CC)CNC(=O)C(NCC1CCCO1)OCc1ccccc1. The molecule has 1 amide bonds. The van der Waals surface area contributed by atoms with Gasteiger partial charge in [0.05, 0.1) is 18.8 Å². The molecule has 6 nitrogen and oxygen atoms in total. The number of rotatable bonds is 12. The maximum absolute atomic E-state index is 12.6. The topological polar surface area (TPSA) is 68.8 Å². The largest absolute Gasteiger partial charge is 0.377 e. The molecule has 3 unspecified atom stereocenters. The first-order valence-electron chi connectivity index (χ1n) is 9.62. The molecular formula is C20H32N2O4. The van der Waals surface area contributed by atoms with Crippen LogP contribution in [-0.2, 0) is 25.6 Å². The standard InChI is InChI=1S/C20H32N2O4/c1-3-17(24-4-2)13-21-19(23)20(22-14-18-11-8-12-25-18)26-15-16-9-6-5-7-10-16/h5-7,9-10,17-18,20,22H,3-4,8,11-15H2,1-2H3,(H,21,23). The lowest BCUT2D eigenvalue weighted by Gasteiger charge is -2.22. The number of nitrogens with one attached hydrogen (secondary N) is 2. The van der Waals surface area contributed by atoms with Gasteiger partial charge in [-0.3, -0.25) is 10.1 Å². The summed E-state index contributed by atoms with van der Waals surface area (Å²) < 4.78 is 17.1. The van der Waals surface area contributed by atoms with Gasteiger partial charge < -0.3 is 19.5 Å². The molecule has 146 valence electrons. The van der Waals surface area contributed by atoms with Crippen molar-refractivity contribution in [2.45, 2.75) is 58.2 Å². The lowest BCUT2D eigenvalue weighted by Crippen LogP contribution is -2.49. The van der Waals surface area contributed by atoms with Gasteiger partial charge in [0, 0.05) is 26.3 Å². The van der Waals surface area contributed by atoms with Crippen LogP contribution in [0.1, 0.15) is 38.7 Å². The van der Waals surface area contributed by atoms with Crippen LogP contribution in [0.5, 0.6) is 0 Å². The average Bonchev–Trinajstić information content (AvgIpc) is 3.19. The van der Waals surface area contributed by atoms with Gasteiger partial charge in [0.25, 0.3) is 5.91 Å². The zero-order valence-corrected chi connectivity index (χ0v) is 15.9. The van der Waals surface area contributed by atoms with E-state index in [1.807, 2.05) is 44.2 Å². The Hall–Kier alpha value is -1.47. The van der Waals surface area contributed by atoms with Gasteiger partial charge >= 0.3 is 0 Å². The van der Waals surface area contributed by atoms with Gasteiger partial charge in [-0.1, -0.05) is 37.3 Å². The van der Waals surface area contributed by atoms with Crippen LogP contribution in [-0.4, -0.2) is 50.6 Å². The summed E-state index contributed by atoms with van der Waals surface area (Å²) in [6.07, 6.45) is 2.41. The number of ether oxygens (including phenoxy) is 3. The zero-order chi connectivity index (χ0) is 18.6. The Kier molecular flexibility index (Phi) is 9.63. The van der Waals surface area contributed by atoms with Crippen molar-refractivity contribution in [3.05, 3.63) is 35.9 Å². The van der Waals surface area contributed by atoms with Crippen LogP contribution in [0.25, 0.3) is 0 Å². The molecule has 1 aliphatic heterocycles. The molecule has 2 rings (SSSR count). The predicted octanol–water partition coefficient (Wildman–Crippen LogP) is 2.23. The monoisotopic (exact) mass is 364 g/mol. The van der Waals surface area contributed by atoms with Crippen LogP contribution in [0.2, 0.25) is 0 Å². The van der Waals surface area contributed by atoms with E-state index in [2.05, 4.69) is 10.6 Å². The van der Waals surface area contributed by atoms with Crippen molar-refractivity contribution in [1.82, 2.24) is 10.6 Å². The van der Waals surface area contributed by atoms with Gasteiger partial charge in [-0.15, -0.1) is 0 Å². The number of benzene rings is 1. The summed E-state index contributed by atoms with van der Waals surface area (Å²) in [6.45, 7) is 6.90. The smallest absolute Gasteiger partial charge is 0.264 e.